The van der Waals surface area contributed by atoms with E-state index in [1.54, 1.807) is 0 Å². The molecule has 0 amide bonds. The lowest BCUT2D eigenvalue weighted by Gasteiger charge is -2.63. The Morgan fingerprint density at radius 3 is 1.92 bits per heavy atom. The second-order valence-corrected chi connectivity index (χ2v) is 17.7. The van der Waals surface area contributed by atoms with Crippen LogP contribution in [0.1, 0.15) is 94.9 Å². The fraction of sp³-hybridized carbons (Fsp3) is 0.375. The van der Waals surface area contributed by atoms with Crippen LogP contribution in [0.2, 0.25) is 0 Å². The zero-order chi connectivity index (χ0) is 33.8. The molecule has 2 heteroatoms. The molecule has 50 heavy (non-hydrogen) atoms. The molecule has 5 aromatic carbocycles. The van der Waals surface area contributed by atoms with Gasteiger partial charge in [-0.2, -0.15) is 0 Å². The Morgan fingerprint density at radius 1 is 0.520 bits per heavy atom. The van der Waals surface area contributed by atoms with E-state index in [-0.39, 0.29) is 16.2 Å². The quantitative estimate of drug-likeness (QED) is 0.191. The Balaban J connectivity index is 1.18. The van der Waals surface area contributed by atoms with Crippen LogP contribution in [-0.4, -0.2) is 0 Å². The van der Waals surface area contributed by atoms with Crippen LogP contribution in [0.3, 0.4) is 0 Å². The van der Waals surface area contributed by atoms with Crippen molar-refractivity contribution in [1.82, 2.24) is 0 Å². The van der Waals surface area contributed by atoms with E-state index in [0.29, 0.717) is 11.8 Å². The van der Waals surface area contributed by atoms with Gasteiger partial charge >= 0.3 is 0 Å². The predicted octanol–water partition coefficient (Wildman–Crippen LogP) is 13.0. The van der Waals surface area contributed by atoms with Gasteiger partial charge in [-0.25, -0.2) is 0 Å². The van der Waals surface area contributed by atoms with E-state index in [1.165, 1.54) is 95.4 Å². The van der Waals surface area contributed by atoms with Gasteiger partial charge in [0.25, 0.3) is 0 Å². The Bertz CT molecular complexity index is 2080. The molecule has 1 aliphatic heterocycles. The Morgan fingerprint density at radius 2 is 1.20 bits per heavy atom. The molecule has 1 heterocycles. The highest BCUT2D eigenvalue weighted by atomic mass is 16.5. The maximum absolute atomic E-state index is 7.12. The Hall–Kier alpha value is -4.30. The zero-order valence-corrected chi connectivity index (χ0v) is 30.1. The molecule has 6 aliphatic rings. The van der Waals surface area contributed by atoms with Gasteiger partial charge in [-0.1, -0.05) is 100 Å². The number of fused-ring (bicyclic) bond motifs is 3. The van der Waals surface area contributed by atoms with Crippen molar-refractivity contribution in [2.45, 2.75) is 88.9 Å². The largest absolute Gasteiger partial charge is 0.457 e. The normalized spacial score (nSPS) is 27.6. The van der Waals surface area contributed by atoms with Gasteiger partial charge in [-0.3, -0.25) is 0 Å². The van der Waals surface area contributed by atoms with Crippen molar-refractivity contribution in [3.05, 3.63) is 138 Å². The van der Waals surface area contributed by atoms with Crippen LogP contribution in [0, 0.1) is 23.7 Å². The number of benzene rings is 5. The van der Waals surface area contributed by atoms with Crippen LogP contribution in [0.4, 0.5) is 17.1 Å². The first kappa shape index (κ1) is 30.5. The summed E-state index contributed by atoms with van der Waals surface area (Å²) in [5, 5.41) is 0. The average Bonchev–Trinajstić information content (AvgIpc) is 3.12. The average molecular weight is 656 g/mol. The monoisotopic (exact) mass is 655 g/mol. The molecule has 0 radical (unpaired) electrons. The van der Waals surface area contributed by atoms with Gasteiger partial charge in [0.1, 0.15) is 11.5 Å². The number of ether oxygens (including phenoxy) is 1. The molecule has 5 aliphatic carbocycles. The molecule has 5 aromatic rings. The molecule has 4 bridgehead atoms. The Labute approximate surface area is 298 Å². The number of para-hydroxylation sites is 1. The van der Waals surface area contributed by atoms with Crippen LogP contribution >= 0.6 is 0 Å². The zero-order valence-electron chi connectivity index (χ0n) is 30.1. The van der Waals surface area contributed by atoms with E-state index < -0.39 is 0 Å². The fourth-order valence-corrected chi connectivity index (χ4v) is 11.8. The summed E-state index contributed by atoms with van der Waals surface area (Å²) in [4.78, 5) is 2.52. The van der Waals surface area contributed by atoms with Crippen molar-refractivity contribution < 1.29 is 4.74 Å². The summed E-state index contributed by atoms with van der Waals surface area (Å²) in [5.41, 5.74) is 12.3. The van der Waals surface area contributed by atoms with E-state index in [4.69, 9.17) is 4.74 Å². The lowest BCUT2D eigenvalue weighted by molar-refractivity contribution is -0.0452. The van der Waals surface area contributed by atoms with Crippen molar-refractivity contribution in [3.63, 3.8) is 0 Å². The van der Waals surface area contributed by atoms with E-state index in [2.05, 4.69) is 148 Å². The summed E-state index contributed by atoms with van der Waals surface area (Å²) in [6.07, 6.45) is 9.21. The van der Waals surface area contributed by atoms with Gasteiger partial charge in [0.15, 0.2) is 0 Å². The number of nitrogens with zero attached hydrogens (tertiary/aromatic N) is 1. The maximum Gasteiger partial charge on any atom is 0.133 e. The first-order valence-electron chi connectivity index (χ1n) is 19.2. The summed E-state index contributed by atoms with van der Waals surface area (Å²) >= 11 is 0. The Kier molecular flexibility index (Phi) is 6.62. The van der Waals surface area contributed by atoms with Crippen LogP contribution < -0.4 is 9.64 Å². The van der Waals surface area contributed by atoms with Gasteiger partial charge in [0, 0.05) is 34.0 Å². The minimum atomic E-state index is -0.00480. The van der Waals surface area contributed by atoms with E-state index in [0.717, 1.165) is 23.3 Å². The summed E-state index contributed by atoms with van der Waals surface area (Å²) in [7, 11) is 0. The molecule has 2 nitrogen and oxygen atoms in total. The number of rotatable bonds is 4. The first-order valence-corrected chi connectivity index (χ1v) is 19.2. The highest BCUT2D eigenvalue weighted by molar-refractivity contribution is 5.82. The van der Waals surface area contributed by atoms with E-state index in [1.807, 2.05) is 0 Å². The maximum atomic E-state index is 7.12. The molecule has 252 valence electrons. The summed E-state index contributed by atoms with van der Waals surface area (Å²) in [5.74, 6) is 5.21. The molecule has 0 unspecified atom stereocenters. The molecular formula is C48H49NO. The van der Waals surface area contributed by atoms with Crippen molar-refractivity contribution >= 4 is 17.1 Å². The standard InChI is InChI=1S/C48H49NO/c1-46(2)22-23-47(3,4)45-40(46)16-11-17-42(45)49(37-14-9-6-10-15-37)38-19-20-39-44(30-38)50-43-21-18-34(33-12-7-5-8-13-33)29-41(43)48(39)35-25-31-24-32(27-35)28-36(48)26-31/h5-21,29-32,35-36H,22-28H2,1-4H3. The van der Waals surface area contributed by atoms with Gasteiger partial charge in [0.2, 0.25) is 0 Å². The molecular weight excluding hydrogens is 607 g/mol. The van der Waals surface area contributed by atoms with Crippen molar-refractivity contribution in [3.8, 4) is 22.6 Å². The van der Waals surface area contributed by atoms with E-state index in [9.17, 15) is 0 Å². The number of hydrogen-bond donors (Lipinski definition) is 0. The summed E-state index contributed by atoms with van der Waals surface area (Å²) < 4.78 is 7.12. The first-order chi connectivity index (χ1) is 24.2. The van der Waals surface area contributed by atoms with Crippen molar-refractivity contribution in [2.24, 2.45) is 23.7 Å². The topological polar surface area (TPSA) is 12.5 Å². The van der Waals surface area contributed by atoms with Crippen LogP contribution in [-0.2, 0) is 16.2 Å². The third-order valence-corrected chi connectivity index (χ3v) is 13.9. The van der Waals surface area contributed by atoms with Crippen LogP contribution in [0.15, 0.2) is 115 Å². The van der Waals surface area contributed by atoms with Gasteiger partial charge in [-0.15, -0.1) is 0 Å². The second kappa shape index (κ2) is 10.8. The third-order valence-electron chi connectivity index (χ3n) is 13.9. The summed E-state index contributed by atoms with van der Waals surface area (Å²) in [6, 6.07) is 43.3. The smallest absolute Gasteiger partial charge is 0.133 e. The minimum Gasteiger partial charge on any atom is -0.457 e. The third kappa shape index (κ3) is 4.39. The summed E-state index contributed by atoms with van der Waals surface area (Å²) in [6.45, 7) is 9.74. The SMILES string of the molecule is CC1(C)CCC(C)(C)c2c(N(c3ccccc3)c3ccc4c(c3)Oc3ccc(-c5ccccc5)cc3C43C4CC5CC(C4)CC3C5)cccc21. The molecule has 4 fully saturated rings. The van der Waals surface area contributed by atoms with Crippen molar-refractivity contribution in [2.75, 3.05) is 4.90 Å². The molecule has 1 spiro atoms. The number of anilines is 3. The molecule has 0 saturated heterocycles. The highest BCUT2D eigenvalue weighted by Crippen LogP contribution is 2.69. The molecule has 0 aromatic heterocycles. The van der Waals surface area contributed by atoms with Crippen LogP contribution in [0.25, 0.3) is 11.1 Å². The second-order valence-electron chi connectivity index (χ2n) is 17.7. The van der Waals surface area contributed by atoms with Gasteiger partial charge in [0.05, 0.1) is 5.69 Å². The van der Waals surface area contributed by atoms with Gasteiger partial charge in [-0.05, 0) is 138 Å². The van der Waals surface area contributed by atoms with Gasteiger partial charge < -0.3 is 9.64 Å². The molecule has 0 atom stereocenters. The van der Waals surface area contributed by atoms with Crippen molar-refractivity contribution in [1.29, 1.82) is 0 Å². The van der Waals surface area contributed by atoms with E-state index >= 15 is 0 Å². The van der Waals surface area contributed by atoms with Crippen LogP contribution in [0.5, 0.6) is 11.5 Å². The molecule has 4 saturated carbocycles. The lowest BCUT2D eigenvalue weighted by Crippen LogP contribution is -2.57. The molecule has 0 N–H and O–H groups in total. The predicted molar refractivity (Wildman–Crippen MR) is 206 cm³/mol. The lowest BCUT2D eigenvalue weighted by atomic mass is 9.41. The highest BCUT2D eigenvalue weighted by Gasteiger charge is 2.61. The minimum absolute atomic E-state index is 0.00480. The number of hydrogen-bond acceptors (Lipinski definition) is 2. The fourth-order valence-electron chi connectivity index (χ4n) is 11.8. The molecule has 11 rings (SSSR count).